The molecule has 1 aromatic heterocycles. The monoisotopic (exact) mass is 553 g/mol. The third-order valence-electron chi connectivity index (χ3n) is 6.49. The van der Waals surface area contributed by atoms with Gasteiger partial charge in [0.15, 0.2) is 0 Å². The number of nitrogen functional groups attached to an aromatic ring is 1. The number of hydrogen-bond donors (Lipinski definition) is 3. The van der Waals surface area contributed by atoms with Crippen LogP contribution in [0.1, 0.15) is 80.4 Å². The van der Waals surface area contributed by atoms with Crippen LogP contribution < -0.4 is 10.6 Å². The van der Waals surface area contributed by atoms with Crippen LogP contribution >= 0.6 is 0 Å². The Kier molecular flexibility index (Phi) is 13.7. The van der Waals surface area contributed by atoms with Crippen molar-refractivity contribution in [2.45, 2.75) is 74.0 Å². The summed E-state index contributed by atoms with van der Waals surface area (Å²) >= 11 is 0. The van der Waals surface area contributed by atoms with Gasteiger partial charge in [0.1, 0.15) is 17.5 Å². The van der Waals surface area contributed by atoms with Crippen LogP contribution in [0.25, 0.3) is 11.1 Å². The summed E-state index contributed by atoms with van der Waals surface area (Å²) in [5.41, 5.74) is 13.9. The molecule has 0 atom stereocenters. The number of hydrogen-bond acceptors (Lipinski definition) is 5. The van der Waals surface area contributed by atoms with Gasteiger partial charge in [-0.05, 0) is 41.2 Å². The molecule has 0 aliphatic heterocycles. The highest BCUT2D eigenvalue weighted by Crippen LogP contribution is 2.28. The van der Waals surface area contributed by atoms with Gasteiger partial charge >= 0.3 is 0 Å². The number of aryl methyl sites for hydroxylation is 2. The lowest BCUT2D eigenvalue weighted by Crippen LogP contribution is -2.22. The van der Waals surface area contributed by atoms with E-state index in [9.17, 15) is 5.11 Å². The number of anilines is 1. The number of amidine groups is 1. The number of aromatic nitrogens is 2. The minimum absolute atomic E-state index is 0.0275. The van der Waals surface area contributed by atoms with Crippen molar-refractivity contribution in [1.29, 1.82) is 5.41 Å². The van der Waals surface area contributed by atoms with Crippen LogP contribution in [0.3, 0.4) is 0 Å². The molecule has 4 rings (SSSR count). The van der Waals surface area contributed by atoms with Gasteiger partial charge in [0.05, 0.1) is 6.61 Å². The first-order valence-electron chi connectivity index (χ1n) is 14.7. The lowest BCUT2D eigenvalue weighted by Gasteiger charge is -2.24. The van der Waals surface area contributed by atoms with E-state index < -0.39 is 0 Å². The number of nitrogens with zero attached hydrogens (tertiary/aromatic N) is 3. The Morgan fingerprint density at radius 1 is 0.878 bits per heavy atom. The van der Waals surface area contributed by atoms with E-state index in [1.807, 2.05) is 71.0 Å². The van der Waals surface area contributed by atoms with Crippen LogP contribution in [0.5, 0.6) is 0 Å². The second-order valence-corrected chi connectivity index (χ2v) is 9.44. The van der Waals surface area contributed by atoms with Gasteiger partial charge in [0, 0.05) is 36.8 Å². The van der Waals surface area contributed by atoms with Crippen molar-refractivity contribution >= 4 is 11.7 Å². The Bertz CT molecular complexity index is 1380. The molecule has 41 heavy (non-hydrogen) atoms. The van der Waals surface area contributed by atoms with Gasteiger partial charge in [-0.1, -0.05) is 114 Å². The molecule has 0 saturated heterocycles. The Morgan fingerprint density at radius 3 is 2.17 bits per heavy atom. The van der Waals surface area contributed by atoms with Gasteiger partial charge in [0.2, 0.25) is 0 Å². The number of nitrogens with two attached hydrogens (primary N) is 1. The van der Waals surface area contributed by atoms with E-state index in [1.54, 1.807) is 0 Å². The molecule has 1 heterocycles. The fourth-order valence-corrected chi connectivity index (χ4v) is 4.73. The topological polar surface area (TPSA) is 99.1 Å². The van der Waals surface area contributed by atoms with Gasteiger partial charge in [-0.15, -0.1) is 0 Å². The smallest absolute Gasteiger partial charge is 0.136 e. The van der Waals surface area contributed by atoms with Gasteiger partial charge in [-0.2, -0.15) is 0 Å². The minimum atomic E-state index is 0.0275. The van der Waals surface area contributed by atoms with Crippen molar-refractivity contribution in [3.8, 4) is 11.1 Å². The van der Waals surface area contributed by atoms with Gasteiger partial charge in [0.25, 0.3) is 0 Å². The third-order valence-corrected chi connectivity index (χ3v) is 6.49. The van der Waals surface area contributed by atoms with Crippen molar-refractivity contribution in [2.24, 2.45) is 5.73 Å². The maximum Gasteiger partial charge on any atom is 0.136 e. The van der Waals surface area contributed by atoms with Crippen molar-refractivity contribution in [3.63, 3.8) is 0 Å². The highest BCUT2D eigenvalue weighted by Gasteiger charge is 2.17. The molecule has 0 radical (unpaired) electrons. The first-order chi connectivity index (χ1) is 19.9. The van der Waals surface area contributed by atoms with Gasteiger partial charge in [-0.25, -0.2) is 9.97 Å². The molecule has 6 nitrogen and oxygen atoms in total. The molecule has 0 aliphatic carbocycles. The summed E-state index contributed by atoms with van der Waals surface area (Å²) in [4.78, 5) is 11.9. The second kappa shape index (κ2) is 16.9. The zero-order valence-electron chi connectivity index (χ0n) is 25.8. The molecule has 6 heteroatoms. The normalized spacial score (nSPS) is 10.1. The number of nitrogens with one attached hydrogen (secondary N) is 1. The largest absolute Gasteiger partial charge is 0.392 e. The Balaban J connectivity index is 0.00000141. The van der Waals surface area contributed by atoms with Crippen LogP contribution in [0.15, 0.2) is 72.8 Å². The lowest BCUT2D eigenvalue weighted by molar-refractivity contribution is 0.281. The fraction of sp³-hybridized carbons (Fsp3) is 0.343. The van der Waals surface area contributed by atoms with Crippen LogP contribution in [-0.2, 0) is 26.0 Å². The van der Waals surface area contributed by atoms with Gasteiger partial charge in [-0.3, -0.25) is 5.41 Å². The molecule has 0 saturated carbocycles. The summed E-state index contributed by atoms with van der Waals surface area (Å²) < 4.78 is 0. The summed E-state index contributed by atoms with van der Waals surface area (Å²) in [7, 11) is 2.07. The second-order valence-electron chi connectivity index (χ2n) is 9.44. The maximum absolute atomic E-state index is 9.60. The molecular weight excluding hydrogens is 506 g/mol. The zero-order valence-corrected chi connectivity index (χ0v) is 25.8. The number of aliphatic hydroxyl groups is 1. The predicted octanol–water partition coefficient (Wildman–Crippen LogP) is 7.46. The summed E-state index contributed by atoms with van der Waals surface area (Å²) in [6, 6.07) is 24.2. The quantitative estimate of drug-likeness (QED) is 0.140. The molecule has 0 fully saturated rings. The van der Waals surface area contributed by atoms with E-state index in [4.69, 9.17) is 21.1 Å². The van der Waals surface area contributed by atoms with Crippen molar-refractivity contribution in [3.05, 3.63) is 112 Å². The van der Waals surface area contributed by atoms with Crippen LogP contribution in [0.4, 0.5) is 5.82 Å². The average Bonchev–Trinajstić information content (AvgIpc) is 3.01. The molecule has 0 amide bonds. The van der Waals surface area contributed by atoms with Crippen LogP contribution in [-0.4, -0.2) is 28.0 Å². The summed E-state index contributed by atoms with van der Waals surface area (Å²) in [5.74, 6) is 1.78. The molecule has 0 bridgehead atoms. The van der Waals surface area contributed by atoms with E-state index in [1.165, 1.54) is 0 Å². The molecule has 4 N–H and O–H groups in total. The standard InChI is InChI=1S/C31H35N5O.2C2H6/c1-4-8-29-28(18-23-9-7-10-24(17-23)20-37)31(35-21(2)34-29)36(3)19-22-13-15-25(16-14-22)26-11-5-6-12-27(26)30(32)33;2*1-2/h5-7,9-17,37H,4,8,18-20H2,1-3H3,(H3,32,33);2*1-2H3. The SMILES string of the molecule is CC.CC.CCCc1nc(C)nc(N(C)Cc2ccc(-c3ccccc3C(=N)N)cc2)c1Cc1cccc(CO)c1. The maximum atomic E-state index is 9.60. The average molecular weight is 554 g/mol. The zero-order chi connectivity index (χ0) is 30.4. The van der Waals surface area contributed by atoms with Crippen LogP contribution in [0.2, 0.25) is 0 Å². The van der Waals surface area contributed by atoms with E-state index in [-0.39, 0.29) is 12.4 Å². The van der Waals surface area contributed by atoms with Crippen molar-refractivity contribution in [1.82, 2.24) is 9.97 Å². The lowest BCUT2D eigenvalue weighted by atomic mass is 9.98. The molecule has 3 aromatic carbocycles. The molecule has 0 unspecified atom stereocenters. The predicted molar refractivity (Wildman–Crippen MR) is 174 cm³/mol. The molecular formula is C35H47N5O. The first kappa shape index (κ1) is 33.2. The Labute approximate surface area is 246 Å². The van der Waals surface area contributed by atoms with E-state index >= 15 is 0 Å². The number of aliphatic hydroxyl groups excluding tert-OH is 1. The molecule has 218 valence electrons. The molecule has 4 aromatic rings. The highest BCUT2D eigenvalue weighted by atomic mass is 16.3. The first-order valence-corrected chi connectivity index (χ1v) is 14.7. The Morgan fingerprint density at radius 2 is 1.54 bits per heavy atom. The Hall–Kier alpha value is -4.03. The van der Waals surface area contributed by atoms with E-state index in [0.29, 0.717) is 13.0 Å². The van der Waals surface area contributed by atoms with E-state index in [0.717, 1.165) is 69.1 Å². The van der Waals surface area contributed by atoms with Crippen LogP contribution in [0, 0.1) is 12.3 Å². The van der Waals surface area contributed by atoms with Gasteiger partial charge < -0.3 is 15.7 Å². The highest BCUT2D eigenvalue weighted by molar-refractivity contribution is 6.01. The summed E-state index contributed by atoms with van der Waals surface area (Å²) in [6.07, 6.45) is 2.61. The molecule has 0 spiro atoms. The van der Waals surface area contributed by atoms with E-state index in [2.05, 4.69) is 55.3 Å². The van der Waals surface area contributed by atoms with Crippen molar-refractivity contribution in [2.75, 3.05) is 11.9 Å². The number of benzene rings is 3. The summed E-state index contributed by atoms with van der Waals surface area (Å²) in [5, 5.41) is 17.5. The molecule has 0 aliphatic rings. The summed E-state index contributed by atoms with van der Waals surface area (Å²) in [6.45, 7) is 12.8. The minimum Gasteiger partial charge on any atom is -0.392 e. The third kappa shape index (κ3) is 8.98. The number of rotatable bonds is 10. The fourth-order valence-electron chi connectivity index (χ4n) is 4.73. The van der Waals surface area contributed by atoms with Crippen molar-refractivity contribution < 1.29 is 5.11 Å².